The number of hydrogen-bond donors (Lipinski definition) is 1. The van der Waals surface area contributed by atoms with Gasteiger partial charge in [-0.2, -0.15) is 5.10 Å². The SMILES string of the molecule is CC(C)CN1CCn2nc(CNC(=O)CC3=CSC4=NCCN34)cc2C1. The van der Waals surface area contributed by atoms with Gasteiger partial charge in [-0.25, -0.2) is 0 Å². The van der Waals surface area contributed by atoms with E-state index in [2.05, 4.69) is 49.8 Å². The van der Waals surface area contributed by atoms with Crippen molar-refractivity contribution in [1.82, 2.24) is 24.9 Å². The molecule has 0 radical (unpaired) electrons. The first-order valence-electron chi connectivity index (χ1n) is 9.31. The van der Waals surface area contributed by atoms with Crippen LogP contribution in [-0.2, 0) is 24.4 Å². The van der Waals surface area contributed by atoms with Crippen molar-refractivity contribution < 1.29 is 4.79 Å². The highest BCUT2D eigenvalue weighted by atomic mass is 32.2. The van der Waals surface area contributed by atoms with Crippen LogP contribution in [0.2, 0.25) is 0 Å². The van der Waals surface area contributed by atoms with Gasteiger partial charge in [-0.3, -0.25) is 19.4 Å². The lowest BCUT2D eigenvalue weighted by Crippen LogP contribution is -2.36. The molecule has 0 aliphatic carbocycles. The van der Waals surface area contributed by atoms with Crippen molar-refractivity contribution in [3.63, 3.8) is 0 Å². The first kappa shape index (κ1) is 17.6. The summed E-state index contributed by atoms with van der Waals surface area (Å²) in [6.07, 6.45) is 0.405. The maximum absolute atomic E-state index is 12.3. The predicted octanol–water partition coefficient (Wildman–Crippen LogP) is 1.62. The lowest BCUT2D eigenvalue weighted by Gasteiger charge is -2.28. The van der Waals surface area contributed by atoms with E-state index < -0.39 is 0 Å². The number of rotatable bonds is 6. The average molecular weight is 375 g/mol. The molecule has 3 aliphatic heterocycles. The molecule has 0 atom stereocenters. The zero-order chi connectivity index (χ0) is 18.1. The molecule has 4 heterocycles. The number of amidine groups is 1. The number of nitrogens with one attached hydrogen (secondary N) is 1. The van der Waals surface area contributed by atoms with Gasteiger partial charge in [0, 0.05) is 31.9 Å². The van der Waals surface area contributed by atoms with Gasteiger partial charge in [0.2, 0.25) is 5.91 Å². The molecule has 1 aromatic rings. The molecular weight excluding hydrogens is 348 g/mol. The third-order valence-electron chi connectivity index (χ3n) is 4.81. The van der Waals surface area contributed by atoms with Gasteiger partial charge in [0.05, 0.1) is 37.4 Å². The Morgan fingerprint density at radius 1 is 1.35 bits per heavy atom. The van der Waals surface area contributed by atoms with Gasteiger partial charge in [-0.15, -0.1) is 0 Å². The fourth-order valence-corrected chi connectivity index (χ4v) is 4.62. The number of amides is 1. The van der Waals surface area contributed by atoms with E-state index in [1.807, 2.05) is 5.41 Å². The molecule has 0 aromatic carbocycles. The van der Waals surface area contributed by atoms with Crippen LogP contribution in [0.25, 0.3) is 0 Å². The van der Waals surface area contributed by atoms with Crippen molar-refractivity contribution in [2.75, 3.05) is 26.2 Å². The van der Waals surface area contributed by atoms with Crippen molar-refractivity contribution >= 4 is 22.8 Å². The Hall–Kier alpha value is -1.80. The van der Waals surface area contributed by atoms with Gasteiger partial charge in [0.1, 0.15) is 0 Å². The van der Waals surface area contributed by atoms with E-state index in [1.54, 1.807) is 11.8 Å². The highest BCUT2D eigenvalue weighted by Gasteiger charge is 2.27. The van der Waals surface area contributed by atoms with Crippen molar-refractivity contribution in [3.8, 4) is 0 Å². The van der Waals surface area contributed by atoms with E-state index in [0.29, 0.717) is 18.9 Å². The smallest absolute Gasteiger partial charge is 0.226 e. The van der Waals surface area contributed by atoms with Crippen LogP contribution in [0, 0.1) is 5.92 Å². The first-order chi connectivity index (χ1) is 12.6. The maximum atomic E-state index is 12.3. The predicted molar refractivity (Wildman–Crippen MR) is 103 cm³/mol. The molecule has 0 saturated carbocycles. The van der Waals surface area contributed by atoms with E-state index in [4.69, 9.17) is 0 Å². The highest BCUT2D eigenvalue weighted by molar-refractivity contribution is 8.16. The van der Waals surface area contributed by atoms with Crippen molar-refractivity contribution in [2.45, 2.75) is 39.9 Å². The Morgan fingerprint density at radius 3 is 3.08 bits per heavy atom. The molecule has 26 heavy (non-hydrogen) atoms. The third kappa shape index (κ3) is 3.81. The Balaban J connectivity index is 1.28. The fourth-order valence-electron chi connectivity index (χ4n) is 3.67. The summed E-state index contributed by atoms with van der Waals surface area (Å²) in [5.74, 6) is 0.713. The highest BCUT2D eigenvalue weighted by Crippen LogP contribution is 2.30. The zero-order valence-corrected chi connectivity index (χ0v) is 16.3. The van der Waals surface area contributed by atoms with E-state index in [1.165, 1.54) is 5.69 Å². The van der Waals surface area contributed by atoms with E-state index in [-0.39, 0.29) is 5.91 Å². The topological polar surface area (TPSA) is 65.8 Å². The third-order valence-corrected chi connectivity index (χ3v) is 5.76. The van der Waals surface area contributed by atoms with Crippen LogP contribution in [0.1, 0.15) is 31.7 Å². The number of carbonyl (C=O) groups excluding carboxylic acids is 1. The normalized spacial score (nSPS) is 19.4. The summed E-state index contributed by atoms with van der Waals surface area (Å²) >= 11 is 1.61. The Bertz CT molecular complexity index is 753. The standard InChI is InChI=1S/C18H26N6OS/c1-13(2)10-22-5-6-24-15(11-22)7-14(21-24)9-20-17(25)8-16-12-26-18-19-3-4-23(16)18/h7,12-13H,3-6,8-11H2,1-2H3,(H,20,25). The van der Waals surface area contributed by atoms with Crippen LogP contribution >= 0.6 is 11.8 Å². The fraction of sp³-hybridized carbons (Fsp3) is 0.611. The summed E-state index contributed by atoms with van der Waals surface area (Å²) in [6.45, 7) is 10.7. The summed E-state index contributed by atoms with van der Waals surface area (Å²) in [5, 5.41) is 10.7. The molecule has 7 nitrogen and oxygen atoms in total. The van der Waals surface area contributed by atoms with Crippen LogP contribution in [-0.4, -0.2) is 56.8 Å². The van der Waals surface area contributed by atoms with Gasteiger partial charge in [0.15, 0.2) is 5.17 Å². The van der Waals surface area contributed by atoms with Crippen molar-refractivity contribution in [3.05, 3.63) is 28.6 Å². The van der Waals surface area contributed by atoms with Crippen LogP contribution < -0.4 is 5.32 Å². The number of carbonyl (C=O) groups is 1. The van der Waals surface area contributed by atoms with Crippen LogP contribution in [0.4, 0.5) is 0 Å². The van der Waals surface area contributed by atoms with Crippen molar-refractivity contribution in [1.29, 1.82) is 0 Å². The minimum Gasteiger partial charge on any atom is -0.350 e. The quantitative estimate of drug-likeness (QED) is 0.820. The minimum atomic E-state index is 0.0393. The molecule has 140 valence electrons. The number of thioether (sulfide) groups is 1. The minimum absolute atomic E-state index is 0.0393. The van der Waals surface area contributed by atoms with Gasteiger partial charge < -0.3 is 10.2 Å². The summed E-state index contributed by atoms with van der Waals surface area (Å²) < 4.78 is 2.08. The first-order valence-corrected chi connectivity index (χ1v) is 10.2. The largest absolute Gasteiger partial charge is 0.350 e. The molecule has 1 amide bonds. The lowest BCUT2D eigenvalue weighted by atomic mass is 10.2. The molecule has 0 bridgehead atoms. The van der Waals surface area contributed by atoms with Crippen molar-refractivity contribution in [2.24, 2.45) is 10.9 Å². The molecule has 0 saturated heterocycles. The number of hydrogen-bond acceptors (Lipinski definition) is 6. The summed E-state index contributed by atoms with van der Waals surface area (Å²) in [4.78, 5) is 21.3. The lowest BCUT2D eigenvalue weighted by molar-refractivity contribution is -0.120. The molecule has 0 spiro atoms. The molecule has 1 aromatic heterocycles. The monoisotopic (exact) mass is 374 g/mol. The zero-order valence-electron chi connectivity index (χ0n) is 15.4. The summed E-state index contributed by atoms with van der Waals surface area (Å²) in [7, 11) is 0. The van der Waals surface area contributed by atoms with Gasteiger partial charge in [-0.05, 0) is 17.4 Å². The molecule has 4 rings (SSSR count). The van der Waals surface area contributed by atoms with Gasteiger partial charge in [-0.1, -0.05) is 25.6 Å². The van der Waals surface area contributed by atoms with E-state index in [0.717, 1.165) is 55.8 Å². The molecular formula is C18H26N6OS. The second kappa shape index (κ2) is 7.44. The van der Waals surface area contributed by atoms with Gasteiger partial charge >= 0.3 is 0 Å². The van der Waals surface area contributed by atoms with Crippen LogP contribution in [0.3, 0.4) is 0 Å². The molecule has 8 heteroatoms. The maximum Gasteiger partial charge on any atom is 0.226 e. The molecule has 3 aliphatic rings. The number of fused-ring (bicyclic) bond motifs is 2. The van der Waals surface area contributed by atoms with E-state index in [9.17, 15) is 4.79 Å². The summed E-state index contributed by atoms with van der Waals surface area (Å²) in [6, 6.07) is 2.13. The van der Waals surface area contributed by atoms with Crippen LogP contribution in [0.15, 0.2) is 22.2 Å². The second-order valence-electron chi connectivity index (χ2n) is 7.48. The Kier molecular flexibility index (Phi) is 5.04. The second-order valence-corrected chi connectivity index (χ2v) is 8.31. The average Bonchev–Trinajstić information content (AvgIpc) is 3.28. The Morgan fingerprint density at radius 2 is 2.23 bits per heavy atom. The molecule has 0 fully saturated rings. The summed E-state index contributed by atoms with van der Waals surface area (Å²) in [5.41, 5.74) is 3.24. The molecule has 1 N–H and O–H groups in total. The Labute approximate surface area is 158 Å². The van der Waals surface area contributed by atoms with E-state index >= 15 is 0 Å². The molecule has 0 unspecified atom stereocenters. The number of aromatic nitrogens is 2. The van der Waals surface area contributed by atoms with Crippen LogP contribution in [0.5, 0.6) is 0 Å². The number of nitrogens with zero attached hydrogens (tertiary/aromatic N) is 5. The number of aliphatic imine (C=N–C) groups is 1. The van der Waals surface area contributed by atoms with Gasteiger partial charge in [0.25, 0.3) is 0 Å².